The second kappa shape index (κ2) is 3.85. The number of aliphatic hydroxyl groups is 1. The molecule has 0 heterocycles. The predicted molar refractivity (Wildman–Crippen MR) is 63.1 cm³/mol. The number of nitrogens with one attached hydrogen (secondary N) is 2. The zero-order valence-electron chi connectivity index (χ0n) is 10.9. The summed E-state index contributed by atoms with van der Waals surface area (Å²) in [5.41, 5.74) is 5.40. The van der Waals surface area contributed by atoms with Gasteiger partial charge in [-0.2, -0.15) is 0 Å². The number of hydrogen-bond donors (Lipinski definition) is 3. The fraction of sp³-hybridized carbons (Fsp3) is 0.917. The third kappa shape index (κ3) is 1.56. The lowest BCUT2D eigenvalue weighted by molar-refractivity contribution is -0.00208. The lowest BCUT2D eigenvalue weighted by atomic mass is 9.70. The van der Waals surface area contributed by atoms with Gasteiger partial charge in [0.2, 0.25) is 0 Å². The smallest absolute Gasteiger partial charge is 0.421 e. The number of methoxy groups -OCH3 is 1. The molecule has 0 aromatic carbocycles. The molecule has 2 fully saturated rings. The number of rotatable bonds is 2. The Bertz CT molecular complexity index is 332. The Kier molecular flexibility index (Phi) is 2.86. The molecular formula is C12H22N2O3. The van der Waals surface area contributed by atoms with Crippen molar-refractivity contribution in [2.45, 2.75) is 45.8 Å². The standard InChI is InChI=1S/C12H22N2O3/c1-11(2)7-5-6-12(11,3)9(15)8(7)13-14-10(16)17-4/h7-9,13,15H,5-6H2,1-4H3,(H,14,16). The van der Waals surface area contributed by atoms with Gasteiger partial charge in [-0.1, -0.05) is 20.8 Å². The van der Waals surface area contributed by atoms with Crippen LogP contribution in [-0.2, 0) is 4.74 Å². The molecule has 0 aromatic rings. The van der Waals surface area contributed by atoms with Crippen molar-refractivity contribution in [3.63, 3.8) is 0 Å². The van der Waals surface area contributed by atoms with Crippen LogP contribution in [0.5, 0.6) is 0 Å². The molecule has 0 aliphatic heterocycles. The van der Waals surface area contributed by atoms with E-state index in [1.165, 1.54) is 7.11 Å². The summed E-state index contributed by atoms with van der Waals surface area (Å²) in [5.74, 6) is 0.375. The van der Waals surface area contributed by atoms with Crippen LogP contribution in [0.25, 0.3) is 0 Å². The highest BCUT2D eigenvalue weighted by Crippen LogP contribution is 2.65. The second-order valence-electron chi connectivity index (χ2n) is 6.02. The summed E-state index contributed by atoms with van der Waals surface area (Å²) < 4.78 is 4.51. The van der Waals surface area contributed by atoms with E-state index < -0.39 is 12.2 Å². The van der Waals surface area contributed by atoms with Gasteiger partial charge in [-0.25, -0.2) is 10.2 Å². The molecule has 98 valence electrons. The van der Waals surface area contributed by atoms with Gasteiger partial charge in [-0.05, 0) is 24.2 Å². The van der Waals surface area contributed by atoms with Crippen molar-refractivity contribution in [1.29, 1.82) is 0 Å². The molecule has 5 heteroatoms. The fourth-order valence-electron chi connectivity index (χ4n) is 3.71. The molecule has 0 saturated heterocycles. The van der Waals surface area contributed by atoms with Crippen LogP contribution in [0.2, 0.25) is 0 Å². The Morgan fingerprint density at radius 1 is 1.41 bits per heavy atom. The summed E-state index contributed by atoms with van der Waals surface area (Å²) in [6.45, 7) is 6.54. The van der Waals surface area contributed by atoms with Crippen molar-refractivity contribution >= 4 is 6.09 Å². The molecule has 0 spiro atoms. The van der Waals surface area contributed by atoms with Crippen LogP contribution in [0.1, 0.15) is 33.6 Å². The first-order chi connectivity index (χ1) is 7.84. The van der Waals surface area contributed by atoms with Gasteiger partial charge in [0.15, 0.2) is 0 Å². The van der Waals surface area contributed by atoms with Crippen molar-refractivity contribution < 1.29 is 14.6 Å². The Morgan fingerprint density at radius 3 is 2.53 bits per heavy atom. The van der Waals surface area contributed by atoms with Crippen LogP contribution in [0.3, 0.4) is 0 Å². The molecule has 1 amide bonds. The molecule has 2 bridgehead atoms. The molecule has 2 aliphatic carbocycles. The second-order valence-corrected chi connectivity index (χ2v) is 6.02. The quantitative estimate of drug-likeness (QED) is 0.633. The zero-order chi connectivity index (χ0) is 12.8. The van der Waals surface area contributed by atoms with Gasteiger partial charge in [0, 0.05) is 5.41 Å². The average molecular weight is 242 g/mol. The molecule has 0 aromatic heterocycles. The third-order valence-corrected chi connectivity index (χ3v) is 5.33. The van der Waals surface area contributed by atoms with Gasteiger partial charge >= 0.3 is 6.09 Å². The number of fused-ring (bicyclic) bond motifs is 2. The zero-order valence-corrected chi connectivity index (χ0v) is 10.9. The summed E-state index contributed by atoms with van der Waals surface area (Å²) in [4.78, 5) is 11.0. The SMILES string of the molecule is COC(=O)NNC1C2CCC(C)(C1O)C2(C)C. The molecule has 3 N–H and O–H groups in total. The maximum absolute atomic E-state index is 11.0. The lowest BCUT2D eigenvalue weighted by Gasteiger charge is -2.37. The normalized spacial score (nSPS) is 42.5. The van der Waals surface area contributed by atoms with Crippen LogP contribution in [0.15, 0.2) is 0 Å². The van der Waals surface area contributed by atoms with Crippen molar-refractivity contribution in [3.05, 3.63) is 0 Å². The van der Waals surface area contributed by atoms with Crippen molar-refractivity contribution in [2.75, 3.05) is 7.11 Å². The maximum Gasteiger partial charge on any atom is 0.421 e. The van der Waals surface area contributed by atoms with Gasteiger partial charge in [-0.3, -0.25) is 5.43 Å². The minimum atomic E-state index is -0.525. The molecule has 0 radical (unpaired) electrons. The first-order valence-corrected chi connectivity index (χ1v) is 6.12. The molecule has 4 atom stereocenters. The molecule has 2 saturated carbocycles. The Balaban J connectivity index is 2.09. The largest absolute Gasteiger partial charge is 0.452 e. The molecule has 17 heavy (non-hydrogen) atoms. The van der Waals surface area contributed by atoms with E-state index in [4.69, 9.17) is 0 Å². The minimum Gasteiger partial charge on any atom is -0.452 e. The van der Waals surface area contributed by atoms with Crippen molar-refractivity contribution in [2.24, 2.45) is 16.7 Å². The molecule has 5 nitrogen and oxygen atoms in total. The van der Waals surface area contributed by atoms with E-state index in [1.54, 1.807) is 0 Å². The number of carbonyl (C=O) groups is 1. The number of carbonyl (C=O) groups excluding carboxylic acids is 1. The first-order valence-electron chi connectivity index (χ1n) is 6.12. The molecule has 2 rings (SSSR count). The topological polar surface area (TPSA) is 70.6 Å². The average Bonchev–Trinajstić information content (AvgIpc) is 2.59. The Hall–Kier alpha value is -0.810. The van der Waals surface area contributed by atoms with Gasteiger partial charge < -0.3 is 9.84 Å². The maximum atomic E-state index is 11.0. The van der Waals surface area contributed by atoms with Crippen LogP contribution in [0.4, 0.5) is 4.79 Å². The van der Waals surface area contributed by atoms with E-state index in [9.17, 15) is 9.90 Å². The highest BCUT2D eigenvalue weighted by Gasteiger charge is 2.65. The Labute approximate surface area is 102 Å². The van der Waals surface area contributed by atoms with E-state index in [0.717, 1.165) is 12.8 Å². The lowest BCUT2D eigenvalue weighted by Crippen LogP contribution is -2.53. The summed E-state index contributed by atoms with van der Waals surface area (Å²) in [7, 11) is 1.32. The van der Waals surface area contributed by atoms with Crippen molar-refractivity contribution in [3.8, 4) is 0 Å². The first kappa shape index (κ1) is 12.6. The highest BCUT2D eigenvalue weighted by molar-refractivity contribution is 5.66. The predicted octanol–water partition coefficient (Wildman–Crippen LogP) is 1.03. The van der Waals surface area contributed by atoms with E-state index >= 15 is 0 Å². The van der Waals surface area contributed by atoms with Gasteiger partial charge in [0.05, 0.1) is 19.3 Å². The third-order valence-electron chi connectivity index (χ3n) is 5.33. The van der Waals surface area contributed by atoms with Crippen LogP contribution >= 0.6 is 0 Å². The van der Waals surface area contributed by atoms with E-state index in [-0.39, 0.29) is 16.9 Å². The summed E-state index contributed by atoms with van der Waals surface area (Å²) in [6, 6.07) is -0.0946. The fourth-order valence-corrected chi connectivity index (χ4v) is 3.71. The van der Waals surface area contributed by atoms with Gasteiger partial charge in [-0.15, -0.1) is 0 Å². The minimum absolute atomic E-state index is 0.0763. The molecule has 2 aliphatic rings. The van der Waals surface area contributed by atoms with E-state index in [0.29, 0.717) is 5.92 Å². The summed E-state index contributed by atoms with van der Waals surface area (Å²) in [5, 5.41) is 10.4. The van der Waals surface area contributed by atoms with E-state index in [2.05, 4.69) is 36.4 Å². The highest BCUT2D eigenvalue weighted by atomic mass is 16.5. The number of ether oxygens (including phenoxy) is 1. The van der Waals surface area contributed by atoms with Crippen LogP contribution in [0, 0.1) is 16.7 Å². The molecule has 4 unspecified atom stereocenters. The summed E-state index contributed by atoms with van der Waals surface area (Å²) in [6.07, 6.45) is 1.17. The number of amides is 1. The number of hydrazine groups is 1. The van der Waals surface area contributed by atoms with Crippen LogP contribution < -0.4 is 10.9 Å². The number of hydrogen-bond acceptors (Lipinski definition) is 4. The van der Waals surface area contributed by atoms with Crippen LogP contribution in [-0.4, -0.2) is 30.5 Å². The van der Waals surface area contributed by atoms with Gasteiger partial charge in [0.1, 0.15) is 0 Å². The number of aliphatic hydroxyl groups excluding tert-OH is 1. The molecular weight excluding hydrogens is 220 g/mol. The summed E-state index contributed by atoms with van der Waals surface area (Å²) >= 11 is 0. The van der Waals surface area contributed by atoms with Gasteiger partial charge in [0.25, 0.3) is 0 Å². The monoisotopic (exact) mass is 242 g/mol. The van der Waals surface area contributed by atoms with Crippen molar-refractivity contribution in [1.82, 2.24) is 10.9 Å². The Morgan fingerprint density at radius 2 is 2.06 bits per heavy atom. The van der Waals surface area contributed by atoms with E-state index in [1.807, 2.05) is 0 Å².